The lowest BCUT2D eigenvalue weighted by atomic mass is 10.2. The summed E-state index contributed by atoms with van der Waals surface area (Å²) in [6.45, 7) is 5.62. The van der Waals surface area contributed by atoms with Crippen LogP contribution in [0.5, 0.6) is 5.75 Å². The summed E-state index contributed by atoms with van der Waals surface area (Å²) in [6.07, 6.45) is 2.87. The molecule has 1 N–H and O–H groups in total. The van der Waals surface area contributed by atoms with E-state index in [1.807, 2.05) is 30.3 Å². The largest absolute Gasteiger partial charge is 0.489 e. The van der Waals surface area contributed by atoms with Gasteiger partial charge in [-0.15, -0.1) is 0 Å². The van der Waals surface area contributed by atoms with Crippen molar-refractivity contribution in [3.05, 3.63) is 52.1 Å². The molecule has 3 nitrogen and oxygen atoms in total. The normalized spacial score (nSPS) is 10.3. The van der Waals surface area contributed by atoms with Crippen molar-refractivity contribution in [3.8, 4) is 5.75 Å². The number of halogens is 1. The number of aryl methyl sites for hydroxylation is 1. The van der Waals surface area contributed by atoms with Crippen LogP contribution in [0, 0.1) is 6.92 Å². The first kappa shape index (κ1) is 14.9. The van der Waals surface area contributed by atoms with E-state index < -0.39 is 0 Å². The molecule has 1 aromatic heterocycles. The lowest BCUT2D eigenvalue weighted by Crippen LogP contribution is -2.07. The van der Waals surface area contributed by atoms with Gasteiger partial charge in [-0.25, -0.2) is 4.98 Å². The Morgan fingerprint density at radius 1 is 1.30 bits per heavy atom. The van der Waals surface area contributed by atoms with Crippen LogP contribution in [0.25, 0.3) is 0 Å². The molecule has 0 fully saturated rings. The Kier molecular flexibility index (Phi) is 5.41. The zero-order valence-electron chi connectivity index (χ0n) is 11.8. The van der Waals surface area contributed by atoms with Crippen molar-refractivity contribution in [3.63, 3.8) is 0 Å². The van der Waals surface area contributed by atoms with Crippen LogP contribution in [0.2, 0.25) is 0 Å². The van der Waals surface area contributed by atoms with Gasteiger partial charge in [0, 0.05) is 22.8 Å². The molecular formula is C16H19BrN2O. The average Bonchev–Trinajstić information content (AvgIpc) is 2.47. The second-order valence-corrected chi connectivity index (χ2v) is 5.49. The number of ether oxygens (including phenoxy) is 1. The number of nitrogens with one attached hydrogen (secondary N) is 1. The van der Waals surface area contributed by atoms with Crippen molar-refractivity contribution >= 4 is 21.7 Å². The highest BCUT2D eigenvalue weighted by atomic mass is 79.9. The van der Waals surface area contributed by atoms with E-state index in [0.29, 0.717) is 6.61 Å². The standard InChI is InChI=1S/C16H19BrN2O/c1-3-8-18-16-13(5-4-9-19-16)11-20-14-6-7-15(17)12(2)10-14/h4-7,9-10H,3,8,11H2,1-2H3,(H,18,19). The summed E-state index contributed by atoms with van der Waals surface area (Å²) in [5.41, 5.74) is 2.24. The van der Waals surface area contributed by atoms with Crippen molar-refractivity contribution in [1.29, 1.82) is 0 Å². The van der Waals surface area contributed by atoms with Gasteiger partial charge in [0.1, 0.15) is 18.2 Å². The minimum atomic E-state index is 0.515. The monoisotopic (exact) mass is 334 g/mol. The Morgan fingerprint density at radius 3 is 2.90 bits per heavy atom. The van der Waals surface area contributed by atoms with Crippen LogP contribution in [0.3, 0.4) is 0 Å². The van der Waals surface area contributed by atoms with E-state index in [9.17, 15) is 0 Å². The molecule has 0 radical (unpaired) electrons. The third-order valence-corrected chi connectivity index (χ3v) is 3.85. The number of hydrogen-bond donors (Lipinski definition) is 1. The maximum atomic E-state index is 5.85. The summed E-state index contributed by atoms with van der Waals surface area (Å²) < 4.78 is 6.94. The number of aromatic nitrogens is 1. The second kappa shape index (κ2) is 7.29. The highest BCUT2D eigenvalue weighted by Crippen LogP contribution is 2.23. The first-order valence-electron chi connectivity index (χ1n) is 6.77. The molecule has 0 unspecified atom stereocenters. The van der Waals surface area contributed by atoms with Crippen LogP contribution in [-0.4, -0.2) is 11.5 Å². The van der Waals surface area contributed by atoms with Gasteiger partial charge in [0.25, 0.3) is 0 Å². The maximum absolute atomic E-state index is 5.85. The van der Waals surface area contributed by atoms with Crippen LogP contribution in [0.1, 0.15) is 24.5 Å². The minimum Gasteiger partial charge on any atom is -0.489 e. The Bertz CT molecular complexity index is 572. The van der Waals surface area contributed by atoms with Crippen molar-refractivity contribution in [2.45, 2.75) is 26.9 Å². The molecule has 0 saturated heterocycles. The number of pyridine rings is 1. The fraction of sp³-hybridized carbons (Fsp3) is 0.312. The first-order chi connectivity index (χ1) is 9.70. The van der Waals surface area contributed by atoms with Gasteiger partial charge in [0.2, 0.25) is 0 Å². The van der Waals surface area contributed by atoms with Crippen molar-refractivity contribution in [2.24, 2.45) is 0 Å². The zero-order chi connectivity index (χ0) is 14.4. The van der Waals surface area contributed by atoms with Gasteiger partial charge < -0.3 is 10.1 Å². The number of rotatable bonds is 6. The topological polar surface area (TPSA) is 34.2 Å². The van der Waals surface area contributed by atoms with E-state index in [1.165, 1.54) is 0 Å². The van der Waals surface area contributed by atoms with Gasteiger partial charge in [0.05, 0.1) is 0 Å². The lowest BCUT2D eigenvalue weighted by molar-refractivity contribution is 0.306. The molecule has 0 saturated carbocycles. The molecule has 2 rings (SSSR count). The number of nitrogens with zero attached hydrogens (tertiary/aromatic N) is 1. The van der Waals surface area contributed by atoms with E-state index >= 15 is 0 Å². The summed E-state index contributed by atoms with van der Waals surface area (Å²) >= 11 is 3.49. The van der Waals surface area contributed by atoms with Crippen LogP contribution in [0.15, 0.2) is 41.0 Å². The average molecular weight is 335 g/mol. The summed E-state index contributed by atoms with van der Waals surface area (Å²) in [4.78, 5) is 4.36. The first-order valence-corrected chi connectivity index (χ1v) is 7.56. The molecule has 1 heterocycles. The highest BCUT2D eigenvalue weighted by Gasteiger charge is 2.04. The van der Waals surface area contributed by atoms with Crippen LogP contribution in [0.4, 0.5) is 5.82 Å². The van der Waals surface area contributed by atoms with Crippen molar-refractivity contribution in [2.75, 3.05) is 11.9 Å². The third-order valence-electron chi connectivity index (χ3n) is 2.96. The molecule has 0 aliphatic heterocycles. The fourth-order valence-electron chi connectivity index (χ4n) is 1.83. The van der Waals surface area contributed by atoms with Crippen molar-refractivity contribution < 1.29 is 4.74 Å². The Labute approximate surface area is 128 Å². The molecule has 1 aromatic carbocycles. The fourth-order valence-corrected chi connectivity index (χ4v) is 2.07. The van der Waals surface area contributed by atoms with Gasteiger partial charge in [-0.05, 0) is 43.2 Å². The minimum absolute atomic E-state index is 0.515. The van der Waals surface area contributed by atoms with E-state index in [0.717, 1.165) is 40.1 Å². The molecule has 0 spiro atoms. The molecule has 4 heteroatoms. The predicted molar refractivity (Wildman–Crippen MR) is 86.2 cm³/mol. The van der Waals surface area contributed by atoms with E-state index in [1.54, 1.807) is 6.20 Å². The molecule has 2 aromatic rings. The maximum Gasteiger partial charge on any atom is 0.132 e. The summed E-state index contributed by atoms with van der Waals surface area (Å²) in [7, 11) is 0. The van der Waals surface area contributed by atoms with E-state index in [4.69, 9.17) is 4.74 Å². The summed E-state index contributed by atoms with van der Waals surface area (Å²) in [5.74, 6) is 1.78. The van der Waals surface area contributed by atoms with E-state index in [-0.39, 0.29) is 0 Å². The molecular weight excluding hydrogens is 316 g/mol. The molecule has 0 bridgehead atoms. The van der Waals surface area contributed by atoms with Crippen LogP contribution >= 0.6 is 15.9 Å². The quantitative estimate of drug-likeness (QED) is 0.841. The molecule has 20 heavy (non-hydrogen) atoms. The van der Waals surface area contributed by atoms with Crippen molar-refractivity contribution in [1.82, 2.24) is 4.98 Å². The smallest absolute Gasteiger partial charge is 0.132 e. The third kappa shape index (κ3) is 3.97. The van der Waals surface area contributed by atoms with Gasteiger partial charge in [-0.3, -0.25) is 0 Å². The zero-order valence-corrected chi connectivity index (χ0v) is 13.4. The number of hydrogen-bond acceptors (Lipinski definition) is 3. The Hall–Kier alpha value is -1.55. The van der Waals surface area contributed by atoms with Gasteiger partial charge in [-0.2, -0.15) is 0 Å². The predicted octanol–water partition coefficient (Wildman–Crippen LogP) is 4.55. The van der Waals surface area contributed by atoms with Gasteiger partial charge >= 0.3 is 0 Å². The Morgan fingerprint density at radius 2 is 2.15 bits per heavy atom. The molecule has 0 amide bonds. The van der Waals surface area contributed by atoms with E-state index in [2.05, 4.69) is 40.1 Å². The lowest BCUT2D eigenvalue weighted by Gasteiger charge is -2.12. The SMILES string of the molecule is CCCNc1ncccc1COc1ccc(Br)c(C)c1. The summed E-state index contributed by atoms with van der Waals surface area (Å²) in [5, 5.41) is 3.32. The number of benzene rings is 1. The second-order valence-electron chi connectivity index (χ2n) is 4.64. The Balaban J connectivity index is 2.04. The summed E-state index contributed by atoms with van der Waals surface area (Å²) in [6, 6.07) is 9.97. The number of anilines is 1. The molecule has 0 atom stereocenters. The van der Waals surface area contributed by atoms with Crippen LogP contribution < -0.4 is 10.1 Å². The molecule has 0 aliphatic carbocycles. The van der Waals surface area contributed by atoms with Gasteiger partial charge in [-0.1, -0.05) is 28.9 Å². The van der Waals surface area contributed by atoms with Gasteiger partial charge in [0.15, 0.2) is 0 Å². The molecule has 0 aliphatic rings. The van der Waals surface area contributed by atoms with Crippen LogP contribution in [-0.2, 0) is 6.61 Å². The highest BCUT2D eigenvalue weighted by molar-refractivity contribution is 9.10. The molecule has 106 valence electrons.